The first-order valence-corrected chi connectivity index (χ1v) is 19.0. The van der Waals surface area contributed by atoms with Crippen LogP contribution in [0.15, 0.2) is 23.6 Å². The van der Waals surface area contributed by atoms with E-state index in [1.54, 1.807) is 13.0 Å². The number of nitrogens with zero attached hydrogens (tertiary/aromatic N) is 2. The molecule has 0 radical (unpaired) electrons. The monoisotopic (exact) mass is 753 g/mol. The number of Topliss-reactive ketones (excluding diaryl/α,β-unsaturated/α-hetero) is 1. The van der Waals surface area contributed by atoms with Crippen LogP contribution in [-0.4, -0.2) is 122 Å². The third kappa shape index (κ3) is 15.7. The molecule has 0 aromatic carbocycles. The lowest BCUT2D eigenvalue weighted by Crippen LogP contribution is -2.50. The summed E-state index contributed by atoms with van der Waals surface area (Å²) in [5.74, 6) is -2.38. The van der Waals surface area contributed by atoms with Gasteiger partial charge >= 0.3 is 11.9 Å². The second-order valence-electron chi connectivity index (χ2n) is 14.0. The number of ketones is 1. The van der Waals surface area contributed by atoms with Gasteiger partial charge in [0.25, 0.3) is 5.91 Å². The Hall–Kier alpha value is -3.61. The van der Waals surface area contributed by atoms with Crippen LogP contribution in [0.25, 0.3) is 0 Å². The maximum atomic E-state index is 13.4. The van der Waals surface area contributed by atoms with Gasteiger partial charge < -0.3 is 40.6 Å². The van der Waals surface area contributed by atoms with Gasteiger partial charge in [-0.3, -0.25) is 29.7 Å². The number of allylic oxidation sites excluding steroid dienone is 2. The van der Waals surface area contributed by atoms with Crippen LogP contribution in [0.2, 0.25) is 0 Å². The number of carboxylic acid groups (broad SMARTS) is 1. The number of aliphatic carboxylic acids is 1. The summed E-state index contributed by atoms with van der Waals surface area (Å²) in [7, 11) is 0. The lowest BCUT2D eigenvalue weighted by atomic mass is 9.94. The van der Waals surface area contributed by atoms with Gasteiger partial charge in [0, 0.05) is 32.4 Å². The normalized spacial score (nSPS) is 23.2. The number of hydrogen-bond acceptors (Lipinski definition) is 14. The molecule has 2 saturated heterocycles. The Kier molecular flexibility index (Phi) is 19.2. The van der Waals surface area contributed by atoms with E-state index in [-0.39, 0.29) is 50.6 Å². The van der Waals surface area contributed by atoms with Crippen molar-refractivity contribution in [2.45, 2.75) is 153 Å². The standard InChI is InChI=1S/C36H59N5O12/c1-24(22-30(43)37-26-15-10-13-21-41(51)35(26)48)53-36(49)27(38-33(47)28-23-52-34(39-28)25-14-8-9-17-29(25)42)16-11-12-20-40(50)31(44)18-6-4-2-3-5-7-19-32(45)46/h6,18,24,26-28,30-31,37,39,43-44,50-51H,2-5,7-17,19-23H2,1H3,(H,38,47)(H,45,46)/b18-6?,34-25+. The van der Waals surface area contributed by atoms with Crippen LogP contribution in [0.1, 0.15) is 116 Å². The van der Waals surface area contributed by atoms with E-state index in [0.29, 0.717) is 68.4 Å². The molecular formula is C36H59N5O12. The van der Waals surface area contributed by atoms with Crippen LogP contribution in [0, 0.1) is 0 Å². The molecule has 0 aromatic rings. The van der Waals surface area contributed by atoms with Gasteiger partial charge in [0.1, 0.15) is 37.3 Å². The largest absolute Gasteiger partial charge is 0.481 e. The summed E-state index contributed by atoms with van der Waals surface area (Å²) in [6.45, 7) is 1.81. The topological polar surface area (TPSA) is 248 Å². The van der Waals surface area contributed by atoms with Crippen molar-refractivity contribution in [1.29, 1.82) is 0 Å². The van der Waals surface area contributed by atoms with Crippen LogP contribution < -0.4 is 16.0 Å². The summed E-state index contributed by atoms with van der Waals surface area (Å²) in [5, 5.41) is 59.7. The highest BCUT2D eigenvalue weighted by Crippen LogP contribution is 2.25. The number of amides is 2. The van der Waals surface area contributed by atoms with Gasteiger partial charge in [0.15, 0.2) is 11.7 Å². The highest BCUT2D eigenvalue weighted by atomic mass is 16.5. The van der Waals surface area contributed by atoms with Crippen molar-refractivity contribution >= 4 is 29.5 Å². The zero-order chi connectivity index (χ0) is 38.8. The van der Waals surface area contributed by atoms with Crippen molar-refractivity contribution in [1.82, 2.24) is 26.1 Å². The van der Waals surface area contributed by atoms with Gasteiger partial charge in [-0.1, -0.05) is 18.9 Å². The predicted molar refractivity (Wildman–Crippen MR) is 189 cm³/mol. The van der Waals surface area contributed by atoms with E-state index >= 15 is 0 Å². The quantitative estimate of drug-likeness (QED) is 0.0150. The number of unbranched alkanes of at least 4 members (excludes halogenated alkanes) is 5. The SMILES string of the molecule is CC(CC(O)NC1CCCCN(O)C1=O)OC(=O)C(CCCCN(O)C(O)C=CCCCCCCC(=O)O)NC(=O)C1CO/C(=C2\CCCCC2=O)N1. The van der Waals surface area contributed by atoms with Gasteiger partial charge in [-0.2, -0.15) is 5.06 Å². The molecule has 3 rings (SSSR count). The molecule has 17 heteroatoms. The fourth-order valence-electron chi connectivity index (χ4n) is 6.45. The first kappa shape index (κ1) is 43.8. The number of hydrogen-bond donors (Lipinski definition) is 8. The van der Waals surface area contributed by atoms with Crippen LogP contribution in [0.4, 0.5) is 0 Å². The third-order valence-corrected chi connectivity index (χ3v) is 9.49. The molecule has 17 nitrogen and oxygen atoms in total. The fourth-order valence-corrected chi connectivity index (χ4v) is 6.45. The number of carbonyl (C=O) groups is 5. The van der Waals surface area contributed by atoms with Gasteiger partial charge in [-0.15, -0.1) is 0 Å². The van der Waals surface area contributed by atoms with Crippen molar-refractivity contribution in [3.05, 3.63) is 23.6 Å². The second kappa shape index (κ2) is 23.2. The fraction of sp³-hybridized carbons (Fsp3) is 0.750. The molecule has 3 fully saturated rings. The molecule has 0 bridgehead atoms. The average molecular weight is 754 g/mol. The molecule has 1 saturated carbocycles. The van der Waals surface area contributed by atoms with Gasteiger partial charge in [0.05, 0.1) is 11.6 Å². The predicted octanol–water partition coefficient (Wildman–Crippen LogP) is 1.98. The van der Waals surface area contributed by atoms with E-state index in [9.17, 15) is 44.6 Å². The minimum atomic E-state index is -1.25. The Bertz CT molecular complexity index is 1280. The van der Waals surface area contributed by atoms with E-state index in [1.807, 2.05) is 0 Å². The number of carbonyl (C=O) groups excluding carboxylic acids is 4. The molecule has 2 heterocycles. The van der Waals surface area contributed by atoms with Crippen molar-refractivity contribution in [3.63, 3.8) is 0 Å². The lowest BCUT2D eigenvalue weighted by molar-refractivity contribution is -0.177. The molecule has 2 aliphatic heterocycles. The van der Waals surface area contributed by atoms with Crippen LogP contribution in [-0.2, 0) is 33.4 Å². The Morgan fingerprint density at radius 1 is 1.06 bits per heavy atom. The third-order valence-electron chi connectivity index (χ3n) is 9.49. The summed E-state index contributed by atoms with van der Waals surface area (Å²) in [4.78, 5) is 62.1. The first-order chi connectivity index (χ1) is 25.3. The zero-order valence-electron chi connectivity index (χ0n) is 30.7. The Labute approximate surface area is 310 Å². The van der Waals surface area contributed by atoms with E-state index in [2.05, 4.69) is 16.0 Å². The number of carboxylic acids is 1. The van der Waals surface area contributed by atoms with E-state index in [4.69, 9.17) is 14.6 Å². The number of aliphatic hydroxyl groups is 2. The molecular weight excluding hydrogens is 694 g/mol. The Morgan fingerprint density at radius 2 is 1.81 bits per heavy atom. The maximum Gasteiger partial charge on any atom is 0.328 e. The van der Waals surface area contributed by atoms with Crippen molar-refractivity contribution in [2.24, 2.45) is 0 Å². The van der Waals surface area contributed by atoms with Crippen LogP contribution in [0.3, 0.4) is 0 Å². The van der Waals surface area contributed by atoms with Crippen LogP contribution in [0.5, 0.6) is 0 Å². The second-order valence-corrected chi connectivity index (χ2v) is 14.0. The summed E-state index contributed by atoms with van der Waals surface area (Å²) in [6, 6.07) is -2.75. The summed E-state index contributed by atoms with van der Waals surface area (Å²) < 4.78 is 11.3. The molecule has 6 atom stereocenters. The van der Waals surface area contributed by atoms with E-state index < -0.39 is 60.4 Å². The Morgan fingerprint density at radius 3 is 2.57 bits per heavy atom. The highest BCUT2D eigenvalue weighted by molar-refractivity contribution is 5.96. The molecule has 300 valence electrons. The first-order valence-electron chi connectivity index (χ1n) is 19.0. The van der Waals surface area contributed by atoms with Crippen molar-refractivity contribution in [3.8, 4) is 0 Å². The number of aliphatic hydroxyl groups excluding tert-OH is 2. The molecule has 6 unspecified atom stereocenters. The smallest absolute Gasteiger partial charge is 0.328 e. The minimum Gasteiger partial charge on any atom is -0.481 e. The number of hydroxylamine groups is 4. The van der Waals surface area contributed by atoms with Crippen LogP contribution >= 0.6 is 0 Å². The molecule has 53 heavy (non-hydrogen) atoms. The van der Waals surface area contributed by atoms with E-state index in [0.717, 1.165) is 37.2 Å². The Balaban J connectivity index is 1.52. The maximum absolute atomic E-state index is 13.4. The van der Waals surface area contributed by atoms with Gasteiger partial charge in [-0.25, -0.2) is 9.86 Å². The number of esters is 1. The molecule has 3 aliphatic rings. The summed E-state index contributed by atoms with van der Waals surface area (Å²) in [6.07, 6.45) is 8.98. The summed E-state index contributed by atoms with van der Waals surface area (Å²) >= 11 is 0. The van der Waals surface area contributed by atoms with Gasteiger partial charge in [0.2, 0.25) is 5.91 Å². The lowest BCUT2D eigenvalue weighted by Gasteiger charge is -2.26. The number of ether oxygens (including phenoxy) is 2. The van der Waals surface area contributed by atoms with Crippen molar-refractivity contribution < 1.29 is 59.2 Å². The number of rotatable bonds is 22. The van der Waals surface area contributed by atoms with Gasteiger partial charge in [-0.05, 0) is 90.0 Å². The molecule has 0 spiro atoms. The summed E-state index contributed by atoms with van der Waals surface area (Å²) in [5.41, 5.74) is 0.527. The zero-order valence-corrected chi connectivity index (χ0v) is 30.7. The van der Waals surface area contributed by atoms with E-state index in [1.165, 1.54) is 6.08 Å². The highest BCUT2D eigenvalue weighted by Gasteiger charge is 2.34. The molecule has 0 aromatic heterocycles. The number of nitrogens with one attached hydrogen (secondary N) is 3. The average Bonchev–Trinajstić information content (AvgIpc) is 3.55. The molecule has 8 N–H and O–H groups in total. The minimum absolute atomic E-state index is 0.0208. The van der Waals surface area contributed by atoms with Crippen molar-refractivity contribution in [2.75, 3.05) is 19.7 Å². The molecule has 2 amide bonds. The molecule has 1 aliphatic carbocycles.